The highest BCUT2D eigenvalue weighted by Crippen LogP contribution is 2.54. The predicted octanol–water partition coefficient (Wildman–Crippen LogP) is 4.63. The van der Waals surface area contributed by atoms with E-state index in [4.69, 9.17) is 44.1 Å². The smallest absolute Gasteiger partial charge is 0.432 e. The van der Waals surface area contributed by atoms with Crippen LogP contribution in [0.15, 0.2) is 36.5 Å². The number of ether oxygens (including phenoxy) is 5. The van der Waals surface area contributed by atoms with Crippen molar-refractivity contribution in [3.63, 3.8) is 0 Å². The Hall–Kier alpha value is -3.46. The molecule has 0 bridgehead atoms. The van der Waals surface area contributed by atoms with E-state index in [2.05, 4.69) is 29.6 Å². The van der Waals surface area contributed by atoms with Crippen molar-refractivity contribution in [2.45, 2.75) is 77.4 Å². The molecule has 53 heavy (non-hydrogen) atoms. The lowest BCUT2D eigenvalue weighted by atomic mass is 10.1. The molecule has 7 atom stereocenters. The van der Waals surface area contributed by atoms with Gasteiger partial charge in [-0.15, -0.1) is 0 Å². The summed E-state index contributed by atoms with van der Waals surface area (Å²) in [4.78, 5) is 41.8. The number of anilines is 1. The maximum absolute atomic E-state index is 13.6. The number of aliphatic hydroxyl groups is 2. The van der Waals surface area contributed by atoms with Gasteiger partial charge >= 0.3 is 27.7 Å². The van der Waals surface area contributed by atoms with Crippen LogP contribution in [-0.4, -0.2) is 104 Å². The first kappa shape index (κ1) is 42.3. The summed E-state index contributed by atoms with van der Waals surface area (Å²) in [7, 11) is -9.77. The maximum atomic E-state index is 13.6. The molecule has 0 spiro atoms. The number of fused-ring (bicyclic) bond motifs is 1. The van der Waals surface area contributed by atoms with Crippen LogP contribution in [0.5, 0.6) is 0 Å². The van der Waals surface area contributed by atoms with E-state index >= 15 is 0 Å². The van der Waals surface area contributed by atoms with Crippen molar-refractivity contribution in [2.75, 3.05) is 31.9 Å². The molecule has 0 radical (unpaired) electrons. The van der Waals surface area contributed by atoms with Gasteiger partial charge in [0.05, 0.1) is 30.4 Å². The zero-order chi connectivity index (χ0) is 38.9. The molecule has 0 amide bonds. The standard InChI is InChI=1S/C29H40ClN5O16P2/c1-16(2)49-28(38)43-13-46-52(40,15-48-53(41,42)47-14-44-29(39)50-17(3)4)45-12-21-22(36)23(37)26(51-21)35-25-20(11-31-35)24(33-27(30)34-25)32-18(5)19-9-7-6-8-10-19/h6-11,16-18,21-23,26,36-37H,12-15H2,1-5H3,(H,41,42)(H,32,33,34)/t18-,21+,22+,23+,26+,52?/m0/s1. The van der Waals surface area contributed by atoms with Crippen molar-refractivity contribution < 1.29 is 75.6 Å². The highest BCUT2D eigenvalue weighted by atomic mass is 35.5. The molecule has 1 aromatic carbocycles. The number of halogens is 1. The lowest BCUT2D eigenvalue weighted by Crippen LogP contribution is -2.34. The zero-order valence-corrected chi connectivity index (χ0v) is 31.6. The van der Waals surface area contributed by atoms with Crippen LogP contribution >= 0.6 is 27.0 Å². The number of carbonyl (C=O) groups is 2. The summed E-state index contributed by atoms with van der Waals surface area (Å²) < 4.78 is 71.4. The molecular formula is C29H40ClN5O16P2. The third-order valence-electron chi connectivity index (χ3n) is 6.95. The van der Waals surface area contributed by atoms with Crippen LogP contribution in [0, 0.1) is 0 Å². The van der Waals surface area contributed by atoms with Crippen molar-refractivity contribution in [2.24, 2.45) is 0 Å². The fourth-order valence-corrected chi connectivity index (χ4v) is 6.91. The summed E-state index contributed by atoms with van der Waals surface area (Å²) in [5.74, 6) is 0.334. The molecule has 1 fully saturated rings. The molecule has 2 aromatic heterocycles. The lowest BCUT2D eigenvalue weighted by molar-refractivity contribution is -0.0582. The molecule has 21 nitrogen and oxygen atoms in total. The summed E-state index contributed by atoms with van der Waals surface area (Å²) in [6.45, 7) is 5.17. The Morgan fingerprint density at radius 1 is 0.925 bits per heavy atom. The summed E-state index contributed by atoms with van der Waals surface area (Å²) in [5.41, 5.74) is 1.10. The fourth-order valence-electron chi connectivity index (χ4n) is 4.52. The highest BCUT2D eigenvalue weighted by Gasteiger charge is 2.46. The number of hydrogen-bond acceptors (Lipinski definition) is 19. The second kappa shape index (κ2) is 18.7. The first-order valence-corrected chi connectivity index (χ1v) is 19.5. The molecule has 0 saturated carbocycles. The maximum Gasteiger partial charge on any atom is 0.510 e. The summed E-state index contributed by atoms with van der Waals surface area (Å²) in [6, 6.07) is 9.32. The highest BCUT2D eigenvalue weighted by molar-refractivity contribution is 7.55. The molecule has 3 aromatic rings. The molecular weight excluding hydrogens is 772 g/mol. The van der Waals surface area contributed by atoms with Gasteiger partial charge in [-0.25, -0.2) is 23.4 Å². The second-order valence-electron chi connectivity index (χ2n) is 11.7. The van der Waals surface area contributed by atoms with Gasteiger partial charge in [-0.2, -0.15) is 15.1 Å². The summed E-state index contributed by atoms with van der Waals surface area (Å²) in [5, 5.41) is 29.6. The van der Waals surface area contributed by atoms with Gasteiger partial charge in [0.2, 0.25) is 18.9 Å². The minimum Gasteiger partial charge on any atom is -0.432 e. The number of aromatic nitrogens is 4. The van der Waals surface area contributed by atoms with Crippen molar-refractivity contribution in [1.82, 2.24) is 19.7 Å². The molecule has 3 heterocycles. The van der Waals surface area contributed by atoms with Gasteiger partial charge in [0.25, 0.3) is 0 Å². The Morgan fingerprint density at radius 3 is 2.17 bits per heavy atom. The van der Waals surface area contributed by atoms with Crippen LogP contribution in [0.1, 0.15) is 52.5 Å². The molecule has 4 N–H and O–H groups in total. The monoisotopic (exact) mass is 811 g/mol. The Balaban J connectivity index is 1.45. The first-order valence-electron chi connectivity index (χ1n) is 15.9. The van der Waals surface area contributed by atoms with Gasteiger partial charge in [0.15, 0.2) is 18.2 Å². The first-order chi connectivity index (χ1) is 25.0. The van der Waals surface area contributed by atoms with E-state index in [9.17, 15) is 33.8 Å². The second-order valence-corrected chi connectivity index (χ2v) is 15.5. The van der Waals surface area contributed by atoms with Crippen LogP contribution < -0.4 is 5.32 Å². The number of phosphoric ester groups is 1. The Labute approximate surface area is 307 Å². The SMILES string of the molecule is CC(C)OC(=O)OCOP(=O)(O)OCP(=O)(OCOC(=O)OC(C)C)OC[C@H]1O[C@@H](n2ncc3c(N[C@@H](C)c4ccccc4)nc(Cl)nc32)[C@H](O)[C@@H]1O. The van der Waals surface area contributed by atoms with Gasteiger partial charge < -0.3 is 48.6 Å². The van der Waals surface area contributed by atoms with Crippen molar-refractivity contribution in [3.8, 4) is 0 Å². The van der Waals surface area contributed by atoms with Crippen LogP contribution in [0.25, 0.3) is 11.0 Å². The van der Waals surface area contributed by atoms with Crippen molar-refractivity contribution in [1.29, 1.82) is 0 Å². The van der Waals surface area contributed by atoms with Gasteiger partial charge in [0.1, 0.15) is 24.1 Å². The number of carbonyl (C=O) groups excluding carboxylic acids is 2. The normalized spacial score (nSPS) is 21.6. The number of rotatable bonds is 18. The van der Waals surface area contributed by atoms with E-state index < -0.39 is 91.0 Å². The molecule has 1 saturated heterocycles. The van der Waals surface area contributed by atoms with Gasteiger partial charge in [-0.1, -0.05) is 30.3 Å². The van der Waals surface area contributed by atoms with E-state index in [1.807, 2.05) is 37.3 Å². The van der Waals surface area contributed by atoms with Crippen LogP contribution in [0.2, 0.25) is 5.28 Å². The molecule has 24 heteroatoms. The van der Waals surface area contributed by atoms with E-state index in [-0.39, 0.29) is 17.0 Å². The average molecular weight is 812 g/mol. The average Bonchev–Trinajstić information content (AvgIpc) is 3.62. The Kier molecular flexibility index (Phi) is 14.9. The molecule has 2 unspecified atom stereocenters. The van der Waals surface area contributed by atoms with Crippen molar-refractivity contribution >= 4 is 56.2 Å². The number of nitrogens with one attached hydrogen (secondary N) is 1. The van der Waals surface area contributed by atoms with Crippen molar-refractivity contribution in [3.05, 3.63) is 47.4 Å². The molecule has 4 rings (SSSR count). The van der Waals surface area contributed by atoms with Crippen LogP contribution in [-0.2, 0) is 50.9 Å². The topological polar surface area (TPSA) is 268 Å². The Bertz CT molecular complexity index is 1790. The minimum atomic E-state index is -5.08. The van der Waals surface area contributed by atoms with Gasteiger partial charge in [0, 0.05) is 6.04 Å². The van der Waals surface area contributed by atoms with E-state index in [1.54, 1.807) is 13.8 Å². The fraction of sp³-hybridized carbons (Fsp3) is 0.552. The molecule has 294 valence electrons. The van der Waals surface area contributed by atoms with Crippen LogP contribution in [0.3, 0.4) is 0 Å². The van der Waals surface area contributed by atoms with E-state index in [0.717, 1.165) is 5.56 Å². The van der Waals surface area contributed by atoms with E-state index in [0.29, 0.717) is 11.2 Å². The Morgan fingerprint density at radius 2 is 1.55 bits per heavy atom. The predicted molar refractivity (Wildman–Crippen MR) is 181 cm³/mol. The number of hydrogen-bond donors (Lipinski definition) is 4. The largest absolute Gasteiger partial charge is 0.510 e. The number of phosphoric acid groups is 1. The molecule has 1 aliphatic heterocycles. The third-order valence-corrected chi connectivity index (χ3v) is 9.70. The number of benzene rings is 1. The molecule has 0 aliphatic carbocycles. The van der Waals surface area contributed by atoms with Gasteiger partial charge in [-0.3, -0.25) is 13.6 Å². The minimum absolute atomic E-state index is 0.138. The summed E-state index contributed by atoms with van der Waals surface area (Å²) >= 11 is 6.24. The quantitative estimate of drug-likeness (QED) is 0.0590. The van der Waals surface area contributed by atoms with Crippen LogP contribution in [0.4, 0.5) is 15.4 Å². The zero-order valence-electron chi connectivity index (χ0n) is 29.0. The number of aliphatic hydroxyl groups excluding tert-OH is 2. The third kappa shape index (κ3) is 12.3. The molecule has 1 aliphatic rings. The lowest BCUT2D eigenvalue weighted by Gasteiger charge is -2.22. The van der Waals surface area contributed by atoms with Gasteiger partial charge in [-0.05, 0) is 51.8 Å². The number of nitrogens with zero attached hydrogens (tertiary/aromatic N) is 4. The summed E-state index contributed by atoms with van der Waals surface area (Å²) in [6.07, 6.45) is -9.49. The van der Waals surface area contributed by atoms with E-state index in [1.165, 1.54) is 24.7 Å².